The molecule has 9 heteroatoms. The van der Waals surface area contributed by atoms with E-state index in [9.17, 15) is 18.0 Å². The standard InChI is InChI=1S/C23H28N4O4S/c1-3-4-7-14-27-23(29)20-9-6-5-8-19(20)21(26-27)22(28)25-15-17-10-12-18(13-11-17)16-32(30,31)24-2/h5-6,8-13,24H,3-4,7,14-16H2,1-2H3,(H,25,28). The van der Waals surface area contributed by atoms with Gasteiger partial charge in [-0.25, -0.2) is 17.8 Å². The highest BCUT2D eigenvalue weighted by atomic mass is 32.2. The maximum Gasteiger partial charge on any atom is 0.274 e. The molecule has 3 aromatic rings. The van der Waals surface area contributed by atoms with Gasteiger partial charge in [-0.05, 0) is 30.7 Å². The summed E-state index contributed by atoms with van der Waals surface area (Å²) in [5.41, 5.74) is 1.50. The first-order valence-corrected chi connectivity index (χ1v) is 12.3. The molecule has 1 amide bonds. The number of hydrogen-bond acceptors (Lipinski definition) is 5. The number of aryl methyl sites for hydroxylation is 1. The Morgan fingerprint density at radius 2 is 1.66 bits per heavy atom. The third-order valence-electron chi connectivity index (χ3n) is 5.20. The Morgan fingerprint density at radius 1 is 1.00 bits per heavy atom. The van der Waals surface area contributed by atoms with Gasteiger partial charge in [0.25, 0.3) is 11.5 Å². The Morgan fingerprint density at radius 3 is 2.31 bits per heavy atom. The van der Waals surface area contributed by atoms with Crippen molar-refractivity contribution in [1.82, 2.24) is 19.8 Å². The second-order valence-electron chi connectivity index (χ2n) is 7.59. The van der Waals surface area contributed by atoms with E-state index >= 15 is 0 Å². The summed E-state index contributed by atoms with van der Waals surface area (Å²) in [5.74, 6) is -0.474. The van der Waals surface area contributed by atoms with Gasteiger partial charge in [-0.1, -0.05) is 62.2 Å². The lowest BCUT2D eigenvalue weighted by Crippen LogP contribution is -2.30. The van der Waals surface area contributed by atoms with Crippen molar-refractivity contribution in [2.24, 2.45) is 0 Å². The van der Waals surface area contributed by atoms with Gasteiger partial charge < -0.3 is 5.32 Å². The third-order valence-corrected chi connectivity index (χ3v) is 6.54. The molecule has 0 saturated heterocycles. The molecule has 0 aliphatic rings. The molecule has 3 rings (SSSR count). The number of nitrogens with zero attached hydrogens (tertiary/aromatic N) is 2. The number of amides is 1. The van der Waals surface area contributed by atoms with Crippen LogP contribution in [0.1, 0.15) is 47.8 Å². The minimum absolute atomic E-state index is 0.106. The van der Waals surface area contributed by atoms with E-state index in [0.717, 1.165) is 24.8 Å². The summed E-state index contributed by atoms with van der Waals surface area (Å²) in [6.07, 6.45) is 2.82. The van der Waals surface area contributed by atoms with Gasteiger partial charge in [0.05, 0.1) is 11.1 Å². The number of unbranched alkanes of at least 4 members (excludes halogenated alkanes) is 2. The summed E-state index contributed by atoms with van der Waals surface area (Å²) in [5, 5.41) is 8.21. The Hall–Kier alpha value is -3.04. The van der Waals surface area contributed by atoms with Crippen LogP contribution in [0.25, 0.3) is 10.8 Å². The molecule has 1 aromatic heterocycles. The Labute approximate surface area is 187 Å². The zero-order valence-corrected chi connectivity index (χ0v) is 19.1. The van der Waals surface area contributed by atoms with Gasteiger partial charge in [-0.15, -0.1) is 0 Å². The molecule has 0 aliphatic heterocycles. The van der Waals surface area contributed by atoms with Crippen LogP contribution in [0.2, 0.25) is 0 Å². The summed E-state index contributed by atoms with van der Waals surface area (Å²) < 4.78 is 27.0. The lowest BCUT2D eigenvalue weighted by atomic mass is 10.1. The number of rotatable bonds is 10. The van der Waals surface area contributed by atoms with Crippen molar-refractivity contribution < 1.29 is 13.2 Å². The van der Waals surface area contributed by atoms with E-state index in [-0.39, 0.29) is 29.5 Å². The van der Waals surface area contributed by atoms with Gasteiger partial charge in [-0.3, -0.25) is 9.59 Å². The van der Waals surface area contributed by atoms with Gasteiger partial charge >= 0.3 is 0 Å². The number of hydrogen-bond donors (Lipinski definition) is 2. The first-order chi connectivity index (χ1) is 15.3. The van der Waals surface area contributed by atoms with Crippen LogP contribution in [0.5, 0.6) is 0 Å². The Balaban J connectivity index is 1.78. The molecule has 0 saturated carbocycles. The average Bonchev–Trinajstić information content (AvgIpc) is 2.80. The van der Waals surface area contributed by atoms with E-state index in [1.165, 1.54) is 11.7 Å². The summed E-state index contributed by atoms with van der Waals surface area (Å²) >= 11 is 0. The van der Waals surface area contributed by atoms with Crippen molar-refractivity contribution in [3.05, 3.63) is 75.7 Å². The first-order valence-electron chi connectivity index (χ1n) is 10.6. The zero-order valence-electron chi connectivity index (χ0n) is 18.3. The van der Waals surface area contributed by atoms with Gasteiger partial charge in [0.15, 0.2) is 5.69 Å². The van der Waals surface area contributed by atoms with Crippen LogP contribution in [0.4, 0.5) is 0 Å². The highest BCUT2D eigenvalue weighted by molar-refractivity contribution is 7.88. The van der Waals surface area contributed by atoms with E-state index < -0.39 is 10.0 Å². The Kier molecular flexibility index (Phi) is 7.76. The molecule has 2 aromatic carbocycles. The first kappa shape index (κ1) is 23.6. The maximum atomic E-state index is 12.9. The van der Waals surface area contributed by atoms with Crippen molar-refractivity contribution >= 4 is 26.7 Å². The van der Waals surface area contributed by atoms with Crippen molar-refractivity contribution in [1.29, 1.82) is 0 Å². The Bertz CT molecular complexity index is 1250. The van der Waals surface area contributed by atoms with Crippen molar-refractivity contribution in [3.8, 4) is 0 Å². The van der Waals surface area contributed by atoms with Crippen LogP contribution >= 0.6 is 0 Å². The van der Waals surface area contributed by atoms with Gasteiger partial charge in [0.2, 0.25) is 10.0 Å². The number of carbonyl (C=O) groups excluding carboxylic acids is 1. The van der Waals surface area contributed by atoms with E-state index in [2.05, 4.69) is 22.1 Å². The molecular formula is C23H28N4O4S. The maximum absolute atomic E-state index is 12.9. The lowest BCUT2D eigenvalue weighted by Gasteiger charge is -2.11. The topological polar surface area (TPSA) is 110 Å². The molecule has 0 spiro atoms. The number of fused-ring (bicyclic) bond motifs is 1. The van der Waals surface area contributed by atoms with E-state index in [4.69, 9.17) is 0 Å². The molecule has 0 aliphatic carbocycles. The van der Waals surface area contributed by atoms with Crippen LogP contribution < -0.4 is 15.6 Å². The van der Waals surface area contributed by atoms with Crippen LogP contribution in [0.15, 0.2) is 53.3 Å². The second-order valence-corrected chi connectivity index (χ2v) is 9.52. The number of nitrogens with one attached hydrogen (secondary N) is 2. The van der Waals surface area contributed by atoms with Crippen molar-refractivity contribution in [2.45, 2.75) is 45.0 Å². The number of carbonyl (C=O) groups is 1. The average molecular weight is 457 g/mol. The smallest absolute Gasteiger partial charge is 0.274 e. The monoisotopic (exact) mass is 456 g/mol. The molecule has 8 nitrogen and oxygen atoms in total. The normalized spacial score (nSPS) is 11.6. The second kappa shape index (κ2) is 10.5. The zero-order chi connectivity index (χ0) is 23.1. The van der Waals surface area contributed by atoms with E-state index in [1.807, 2.05) is 0 Å². The highest BCUT2D eigenvalue weighted by Crippen LogP contribution is 2.14. The fourth-order valence-electron chi connectivity index (χ4n) is 3.38. The van der Waals surface area contributed by atoms with Crippen LogP contribution in [-0.2, 0) is 28.9 Å². The summed E-state index contributed by atoms with van der Waals surface area (Å²) in [6.45, 7) is 2.80. The lowest BCUT2D eigenvalue weighted by molar-refractivity contribution is 0.0945. The molecule has 0 fully saturated rings. The molecule has 170 valence electrons. The molecular weight excluding hydrogens is 428 g/mol. The van der Waals surface area contributed by atoms with Crippen LogP contribution in [0, 0.1) is 0 Å². The predicted molar refractivity (Wildman–Crippen MR) is 125 cm³/mol. The fraction of sp³-hybridized carbons (Fsp3) is 0.348. The minimum atomic E-state index is -3.34. The highest BCUT2D eigenvalue weighted by Gasteiger charge is 2.16. The summed E-state index contributed by atoms with van der Waals surface area (Å²) in [4.78, 5) is 25.7. The molecule has 0 bridgehead atoms. The van der Waals surface area contributed by atoms with Gasteiger partial charge in [0.1, 0.15) is 0 Å². The molecule has 32 heavy (non-hydrogen) atoms. The minimum Gasteiger partial charge on any atom is -0.347 e. The number of benzene rings is 2. The largest absolute Gasteiger partial charge is 0.347 e. The summed E-state index contributed by atoms with van der Waals surface area (Å²) in [6, 6.07) is 14.0. The quantitative estimate of drug-likeness (QED) is 0.456. The van der Waals surface area contributed by atoms with Gasteiger partial charge in [0, 0.05) is 18.5 Å². The molecule has 1 heterocycles. The fourth-order valence-corrected chi connectivity index (χ4v) is 4.15. The molecule has 0 radical (unpaired) electrons. The number of aromatic nitrogens is 2. The van der Waals surface area contributed by atoms with Crippen molar-refractivity contribution in [3.63, 3.8) is 0 Å². The van der Waals surface area contributed by atoms with E-state index in [1.54, 1.807) is 48.5 Å². The summed E-state index contributed by atoms with van der Waals surface area (Å²) in [7, 11) is -1.96. The van der Waals surface area contributed by atoms with Crippen molar-refractivity contribution in [2.75, 3.05) is 7.05 Å². The van der Waals surface area contributed by atoms with Gasteiger partial charge in [-0.2, -0.15) is 5.10 Å². The van der Waals surface area contributed by atoms with E-state index in [0.29, 0.717) is 22.9 Å². The van der Waals surface area contributed by atoms with Crippen LogP contribution in [0.3, 0.4) is 0 Å². The molecule has 0 unspecified atom stereocenters. The predicted octanol–water partition coefficient (Wildman–Crippen LogP) is 2.57. The molecule has 0 atom stereocenters. The molecule has 2 N–H and O–H groups in total. The van der Waals surface area contributed by atoms with Crippen LogP contribution in [-0.4, -0.2) is 31.2 Å². The number of sulfonamides is 1. The SMILES string of the molecule is CCCCCn1nc(C(=O)NCc2ccc(CS(=O)(=O)NC)cc2)c2ccccc2c1=O. The third kappa shape index (κ3) is 5.80.